The summed E-state index contributed by atoms with van der Waals surface area (Å²) in [5, 5.41) is 3.11. The average molecular weight is 253 g/mol. The zero-order valence-electron chi connectivity index (χ0n) is 12.4. The van der Waals surface area contributed by atoms with Crippen molar-refractivity contribution in [2.24, 2.45) is 0 Å². The minimum Gasteiger partial charge on any atom is -0.392 e. The second-order valence-corrected chi connectivity index (χ2v) is 5.52. The van der Waals surface area contributed by atoms with Gasteiger partial charge in [-0.2, -0.15) is 0 Å². The van der Waals surface area contributed by atoms with E-state index in [0.717, 1.165) is 6.42 Å². The minimum absolute atomic E-state index is 1.13. The Morgan fingerprint density at radius 2 is 1.61 bits per heavy atom. The number of nitrogens with one attached hydrogen (secondary N) is 1. The smallest absolute Gasteiger partial charge is 0.0110 e. The van der Waals surface area contributed by atoms with Crippen molar-refractivity contribution in [3.8, 4) is 0 Å². The molecule has 0 unspecified atom stereocenters. The largest absolute Gasteiger partial charge is 0.392 e. The molecule has 0 aromatic carbocycles. The highest BCUT2D eigenvalue weighted by molar-refractivity contribution is 4.88. The number of nitrogens with zero attached hydrogens (tertiary/aromatic N) is 2. The Morgan fingerprint density at radius 1 is 1.00 bits per heavy atom. The Hall–Kier alpha value is -0.540. The summed E-state index contributed by atoms with van der Waals surface area (Å²) >= 11 is 0. The van der Waals surface area contributed by atoms with Gasteiger partial charge in [0.25, 0.3) is 0 Å². The fraction of sp³-hybridized carbons (Fsp3) is 0.867. The van der Waals surface area contributed by atoms with Crippen LogP contribution in [-0.2, 0) is 0 Å². The summed E-state index contributed by atoms with van der Waals surface area (Å²) in [4.78, 5) is 5.04. The summed E-state index contributed by atoms with van der Waals surface area (Å²) in [5.74, 6) is 0. The molecule has 0 radical (unpaired) electrons. The van der Waals surface area contributed by atoms with Crippen molar-refractivity contribution in [3.05, 3.63) is 12.3 Å². The van der Waals surface area contributed by atoms with Gasteiger partial charge in [-0.25, -0.2) is 0 Å². The molecule has 0 aromatic rings. The highest BCUT2D eigenvalue weighted by Gasteiger charge is 2.12. The summed E-state index contributed by atoms with van der Waals surface area (Å²) in [5.41, 5.74) is 1.17. The molecule has 18 heavy (non-hydrogen) atoms. The molecule has 1 aliphatic rings. The van der Waals surface area contributed by atoms with Crippen molar-refractivity contribution < 1.29 is 0 Å². The summed E-state index contributed by atoms with van der Waals surface area (Å²) in [6.45, 7) is 10.3. The normalized spacial score (nSPS) is 17.9. The molecular formula is C15H31N3. The topological polar surface area (TPSA) is 18.5 Å². The number of likely N-dealkylation sites (N-methyl/N-ethyl adjacent to an activating group) is 1. The van der Waals surface area contributed by atoms with Gasteiger partial charge in [0, 0.05) is 38.9 Å². The molecule has 3 heteroatoms. The van der Waals surface area contributed by atoms with Gasteiger partial charge in [-0.05, 0) is 32.9 Å². The van der Waals surface area contributed by atoms with E-state index < -0.39 is 0 Å². The molecule has 0 atom stereocenters. The predicted molar refractivity (Wildman–Crippen MR) is 79.8 cm³/mol. The summed E-state index contributed by atoms with van der Waals surface area (Å²) in [6, 6.07) is 0. The van der Waals surface area contributed by atoms with Crippen LogP contribution in [0.1, 0.15) is 38.5 Å². The van der Waals surface area contributed by atoms with Gasteiger partial charge in [0.05, 0.1) is 0 Å². The van der Waals surface area contributed by atoms with Crippen molar-refractivity contribution in [2.45, 2.75) is 38.5 Å². The molecule has 1 N–H and O–H groups in total. The van der Waals surface area contributed by atoms with Crippen LogP contribution in [0.15, 0.2) is 12.3 Å². The first-order valence-electron chi connectivity index (χ1n) is 7.49. The molecule has 0 saturated carbocycles. The van der Waals surface area contributed by atoms with Gasteiger partial charge in [-0.3, -0.25) is 0 Å². The first kappa shape index (κ1) is 15.5. The fourth-order valence-corrected chi connectivity index (χ4v) is 2.40. The van der Waals surface area contributed by atoms with E-state index >= 15 is 0 Å². The number of hydrogen-bond donors (Lipinski definition) is 1. The monoisotopic (exact) mass is 253 g/mol. The Morgan fingerprint density at radius 3 is 2.28 bits per heavy atom. The third-order valence-corrected chi connectivity index (χ3v) is 3.90. The number of rotatable bonds is 9. The molecule has 1 saturated heterocycles. The van der Waals surface area contributed by atoms with Crippen LogP contribution in [-0.4, -0.2) is 56.6 Å². The first-order chi connectivity index (χ1) is 8.72. The Kier molecular flexibility index (Phi) is 8.10. The van der Waals surface area contributed by atoms with Gasteiger partial charge in [0.2, 0.25) is 0 Å². The van der Waals surface area contributed by atoms with Crippen LogP contribution in [0.4, 0.5) is 0 Å². The molecule has 1 fully saturated rings. The SMILES string of the molecule is C=C(CCCCCCCN1CCN(C)CC1)NC. The molecule has 106 valence electrons. The molecule has 0 amide bonds. The van der Waals surface area contributed by atoms with Crippen LogP contribution < -0.4 is 5.32 Å². The van der Waals surface area contributed by atoms with E-state index in [1.54, 1.807) is 0 Å². The quantitative estimate of drug-likeness (QED) is 0.636. The molecule has 1 aliphatic heterocycles. The van der Waals surface area contributed by atoms with Crippen molar-refractivity contribution in [1.29, 1.82) is 0 Å². The van der Waals surface area contributed by atoms with Crippen LogP contribution in [0.2, 0.25) is 0 Å². The van der Waals surface area contributed by atoms with Crippen LogP contribution >= 0.6 is 0 Å². The van der Waals surface area contributed by atoms with Crippen LogP contribution in [0.25, 0.3) is 0 Å². The van der Waals surface area contributed by atoms with E-state index in [4.69, 9.17) is 0 Å². The number of piperazine rings is 1. The van der Waals surface area contributed by atoms with Gasteiger partial charge in [0.15, 0.2) is 0 Å². The van der Waals surface area contributed by atoms with E-state index in [9.17, 15) is 0 Å². The van der Waals surface area contributed by atoms with Crippen molar-refractivity contribution in [1.82, 2.24) is 15.1 Å². The predicted octanol–water partition coefficient (Wildman–Crippen LogP) is 2.31. The molecule has 1 rings (SSSR count). The lowest BCUT2D eigenvalue weighted by Gasteiger charge is -2.32. The lowest BCUT2D eigenvalue weighted by molar-refractivity contribution is 0.152. The Labute approximate surface area is 113 Å². The summed E-state index contributed by atoms with van der Waals surface area (Å²) in [6.07, 6.45) is 7.91. The molecule has 1 heterocycles. The second-order valence-electron chi connectivity index (χ2n) is 5.52. The molecular weight excluding hydrogens is 222 g/mol. The molecule has 3 nitrogen and oxygen atoms in total. The average Bonchev–Trinajstić information content (AvgIpc) is 2.39. The Bertz CT molecular complexity index is 220. The van der Waals surface area contributed by atoms with Gasteiger partial charge in [-0.1, -0.05) is 25.8 Å². The number of unbranched alkanes of at least 4 members (excludes halogenated alkanes) is 4. The first-order valence-corrected chi connectivity index (χ1v) is 7.49. The van der Waals surface area contributed by atoms with E-state index in [1.165, 1.54) is 70.5 Å². The minimum atomic E-state index is 1.13. The third-order valence-electron chi connectivity index (χ3n) is 3.90. The zero-order chi connectivity index (χ0) is 13.2. The van der Waals surface area contributed by atoms with Gasteiger partial charge in [-0.15, -0.1) is 0 Å². The van der Waals surface area contributed by atoms with E-state index in [2.05, 4.69) is 28.7 Å². The lowest BCUT2D eigenvalue weighted by atomic mass is 10.1. The fourth-order valence-electron chi connectivity index (χ4n) is 2.40. The molecule has 0 aromatic heterocycles. The highest BCUT2D eigenvalue weighted by atomic mass is 15.2. The van der Waals surface area contributed by atoms with Gasteiger partial charge < -0.3 is 15.1 Å². The van der Waals surface area contributed by atoms with E-state index in [0.29, 0.717) is 0 Å². The molecule has 0 spiro atoms. The van der Waals surface area contributed by atoms with Crippen molar-refractivity contribution >= 4 is 0 Å². The lowest BCUT2D eigenvalue weighted by Crippen LogP contribution is -2.44. The van der Waals surface area contributed by atoms with E-state index in [1.807, 2.05) is 7.05 Å². The van der Waals surface area contributed by atoms with Crippen molar-refractivity contribution in [3.63, 3.8) is 0 Å². The standard InChI is InChI=1S/C15H31N3/c1-15(16-2)9-7-5-4-6-8-10-18-13-11-17(3)12-14-18/h16H,1,4-14H2,2-3H3. The van der Waals surface area contributed by atoms with Gasteiger partial charge >= 0.3 is 0 Å². The van der Waals surface area contributed by atoms with Gasteiger partial charge in [0.1, 0.15) is 0 Å². The number of hydrogen-bond acceptors (Lipinski definition) is 3. The summed E-state index contributed by atoms with van der Waals surface area (Å²) in [7, 11) is 4.18. The zero-order valence-corrected chi connectivity index (χ0v) is 12.4. The maximum absolute atomic E-state index is 3.95. The molecule has 0 aliphatic carbocycles. The third kappa shape index (κ3) is 7.02. The maximum Gasteiger partial charge on any atom is 0.0110 e. The van der Waals surface area contributed by atoms with Crippen LogP contribution in [0, 0.1) is 0 Å². The number of allylic oxidation sites excluding steroid dienone is 1. The Balaban J connectivity index is 1.85. The van der Waals surface area contributed by atoms with Crippen LogP contribution in [0.3, 0.4) is 0 Å². The van der Waals surface area contributed by atoms with Crippen LogP contribution in [0.5, 0.6) is 0 Å². The van der Waals surface area contributed by atoms with E-state index in [-0.39, 0.29) is 0 Å². The highest BCUT2D eigenvalue weighted by Crippen LogP contribution is 2.09. The van der Waals surface area contributed by atoms with Crippen molar-refractivity contribution in [2.75, 3.05) is 46.8 Å². The summed E-state index contributed by atoms with van der Waals surface area (Å²) < 4.78 is 0. The second kappa shape index (κ2) is 9.40. The maximum atomic E-state index is 3.95. The molecule has 0 bridgehead atoms.